The summed E-state index contributed by atoms with van der Waals surface area (Å²) in [6.45, 7) is 0. The Bertz CT molecular complexity index is 1450. The summed E-state index contributed by atoms with van der Waals surface area (Å²) in [6, 6.07) is 15.3. The van der Waals surface area contributed by atoms with Crippen molar-refractivity contribution in [3.63, 3.8) is 0 Å². The molecule has 0 amide bonds. The number of nitriles is 1. The van der Waals surface area contributed by atoms with Gasteiger partial charge in [-0.3, -0.25) is 9.36 Å². The van der Waals surface area contributed by atoms with Crippen LogP contribution in [0.5, 0.6) is 0 Å². The summed E-state index contributed by atoms with van der Waals surface area (Å²) < 4.78 is 14.9. The number of benzene rings is 2. The van der Waals surface area contributed by atoms with Crippen LogP contribution < -0.4 is 22.8 Å². The fourth-order valence-electron chi connectivity index (χ4n) is 3.64. The smallest absolute Gasteiger partial charge is 0.264 e. The second-order valence-electron chi connectivity index (χ2n) is 7.94. The van der Waals surface area contributed by atoms with Gasteiger partial charge in [-0.05, 0) is 67.0 Å². The van der Waals surface area contributed by atoms with E-state index in [1.165, 1.54) is 25.0 Å². The predicted molar refractivity (Wildman–Crippen MR) is 131 cm³/mol. The van der Waals surface area contributed by atoms with Crippen molar-refractivity contribution in [1.29, 1.82) is 5.26 Å². The van der Waals surface area contributed by atoms with E-state index in [2.05, 4.69) is 9.97 Å². The molecule has 2 heterocycles. The zero-order valence-corrected chi connectivity index (χ0v) is 18.8. The van der Waals surface area contributed by atoms with Crippen LogP contribution in [0.1, 0.15) is 24.1 Å². The Morgan fingerprint density at radius 2 is 1.74 bits per heavy atom. The summed E-state index contributed by atoms with van der Waals surface area (Å²) in [7, 11) is 0. The topological polar surface area (TPSA) is 150 Å². The van der Waals surface area contributed by atoms with Gasteiger partial charge in [-0.2, -0.15) is 15.2 Å². The Balaban J connectivity index is 0.000000210. The number of rotatable bonds is 3. The van der Waals surface area contributed by atoms with Crippen LogP contribution in [0.2, 0.25) is 5.02 Å². The molecule has 0 saturated heterocycles. The average molecular weight is 478 g/mol. The Labute approximate surface area is 199 Å². The minimum atomic E-state index is -0.315. The zero-order chi connectivity index (χ0) is 24.4. The van der Waals surface area contributed by atoms with Gasteiger partial charge in [0, 0.05) is 11.4 Å². The van der Waals surface area contributed by atoms with Gasteiger partial charge in [0.25, 0.3) is 5.56 Å². The monoisotopic (exact) mass is 477 g/mol. The van der Waals surface area contributed by atoms with Crippen LogP contribution in [0.15, 0.2) is 53.3 Å². The van der Waals surface area contributed by atoms with Crippen LogP contribution in [-0.2, 0) is 6.42 Å². The highest BCUT2D eigenvalue weighted by Gasteiger charge is 2.24. The molecule has 2 aromatic heterocycles. The van der Waals surface area contributed by atoms with Gasteiger partial charge in [0.05, 0.1) is 10.4 Å². The highest BCUT2D eigenvalue weighted by molar-refractivity contribution is 6.35. The van der Waals surface area contributed by atoms with Crippen LogP contribution in [0.3, 0.4) is 0 Å². The maximum atomic E-state index is 13.2. The lowest BCUT2D eigenvalue weighted by molar-refractivity contribution is 0.627. The third-order valence-electron chi connectivity index (χ3n) is 5.45. The van der Waals surface area contributed by atoms with E-state index in [0.29, 0.717) is 22.0 Å². The van der Waals surface area contributed by atoms with Gasteiger partial charge in [-0.25, -0.2) is 4.39 Å². The van der Waals surface area contributed by atoms with E-state index in [0.717, 1.165) is 17.5 Å². The Morgan fingerprint density at radius 3 is 2.32 bits per heavy atom. The van der Waals surface area contributed by atoms with E-state index in [1.54, 1.807) is 28.8 Å². The zero-order valence-electron chi connectivity index (χ0n) is 18.0. The molecule has 34 heavy (non-hydrogen) atoms. The molecule has 1 aliphatic rings. The maximum absolute atomic E-state index is 13.2. The SMILES string of the molecule is N#Cc1c(N)nc(N)nc1N.O=c1c2c(Cl)cccc2cc(CC2CC2)n1-c1ccc(F)cc1. The second kappa shape index (κ2) is 9.37. The van der Waals surface area contributed by atoms with E-state index in [-0.39, 0.29) is 34.5 Å². The first-order valence-electron chi connectivity index (χ1n) is 10.5. The molecule has 0 aliphatic heterocycles. The molecular formula is C24H21ClFN7O. The molecule has 5 rings (SSSR count). The molecule has 1 saturated carbocycles. The second-order valence-corrected chi connectivity index (χ2v) is 8.35. The van der Waals surface area contributed by atoms with Crippen LogP contribution >= 0.6 is 11.6 Å². The molecule has 8 nitrogen and oxygen atoms in total. The Kier molecular flexibility index (Phi) is 6.34. The van der Waals surface area contributed by atoms with Crippen molar-refractivity contribution in [2.45, 2.75) is 19.3 Å². The van der Waals surface area contributed by atoms with Gasteiger partial charge in [0.1, 0.15) is 29.1 Å². The third kappa shape index (κ3) is 4.77. The predicted octanol–water partition coefficient (Wildman–Crippen LogP) is 3.83. The number of nitrogen functional groups attached to an aromatic ring is 3. The number of pyridine rings is 1. The summed E-state index contributed by atoms with van der Waals surface area (Å²) in [5.41, 5.74) is 17.3. The van der Waals surface area contributed by atoms with E-state index in [9.17, 15) is 9.18 Å². The van der Waals surface area contributed by atoms with Gasteiger partial charge in [0.2, 0.25) is 5.95 Å². The maximum Gasteiger partial charge on any atom is 0.264 e. The fraction of sp³-hybridized carbons (Fsp3) is 0.167. The first-order chi connectivity index (χ1) is 16.3. The number of nitrogens with two attached hydrogens (primary N) is 3. The lowest BCUT2D eigenvalue weighted by atomic mass is 10.1. The normalized spacial score (nSPS) is 12.6. The molecule has 172 valence electrons. The number of hydrogen-bond acceptors (Lipinski definition) is 7. The Morgan fingerprint density at radius 1 is 1.09 bits per heavy atom. The summed E-state index contributed by atoms with van der Waals surface area (Å²) >= 11 is 6.24. The molecule has 0 atom stereocenters. The first-order valence-corrected chi connectivity index (χ1v) is 10.8. The summed E-state index contributed by atoms with van der Waals surface area (Å²) in [5.74, 6) is 0.316. The highest BCUT2D eigenvalue weighted by Crippen LogP contribution is 2.34. The summed E-state index contributed by atoms with van der Waals surface area (Å²) in [6.07, 6.45) is 3.26. The lowest BCUT2D eigenvalue weighted by Gasteiger charge is -2.15. The van der Waals surface area contributed by atoms with E-state index in [4.69, 9.17) is 34.1 Å². The van der Waals surface area contributed by atoms with Crippen LogP contribution in [-0.4, -0.2) is 14.5 Å². The largest absolute Gasteiger partial charge is 0.382 e. The highest BCUT2D eigenvalue weighted by atomic mass is 35.5. The van der Waals surface area contributed by atoms with Crippen molar-refractivity contribution in [3.8, 4) is 11.8 Å². The number of anilines is 3. The van der Waals surface area contributed by atoms with Crippen LogP contribution in [0.25, 0.3) is 16.5 Å². The molecule has 0 radical (unpaired) electrons. The van der Waals surface area contributed by atoms with Crippen molar-refractivity contribution in [3.05, 3.63) is 81.0 Å². The van der Waals surface area contributed by atoms with Crippen LogP contribution in [0, 0.1) is 23.1 Å². The first kappa shape index (κ1) is 23.0. The molecule has 0 bridgehead atoms. The molecule has 4 aromatic rings. The molecule has 1 fully saturated rings. The summed E-state index contributed by atoms with van der Waals surface area (Å²) in [4.78, 5) is 20.1. The average Bonchev–Trinajstić information content (AvgIpc) is 3.59. The minimum absolute atomic E-state index is 0.0116. The molecular weight excluding hydrogens is 457 g/mol. The van der Waals surface area contributed by atoms with E-state index < -0.39 is 0 Å². The van der Waals surface area contributed by atoms with Crippen molar-refractivity contribution in [2.24, 2.45) is 5.92 Å². The summed E-state index contributed by atoms with van der Waals surface area (Å²) in [5, 5.41) is 10.3. The van der Waals surface area contributed by atoms with Gasteiger partial charge in [-0.1, -0.05) is 23.7 Å². The standard InChI is InChI=1S/C19H15ClFNO.C5H6N6/c20-17-3-1-2-13-11-16(10-12-4-5-12)22(19(23)18(13)17)15-8-6-14(21)7-9-15;6-1-2-3(7)10-5(9)11-4(2)8/h1-3,6-9,11-12H,4-5,10H2;(H6,7,8,9,10,11). The van der Waals surface area contributed by atoms with Crippen molar-refractivity contribution < 1.29 is 4.39 Å². The lowest BCUT2D eigenvalue weighted by Crippen LogP contribution is -2.22. The molecule has 0 spiro atoms. The van der Waals surface area contributed by atoms with Crippen molar-refractivity contribution in [2.75, 3.05) is 17.2 Å². The minimum Gasteiger partial charge on any atom is -0.382 e. The Hall–Kier alpha value is -4.16. The van der Waals surface area contributed by atoms with Gasteiger partial charge >= 0.3 is 0 Å². The van der Waals surface area contributed by atoms with E-state index >= 15 is 0 Å². The van der Waals surface area contributed by atoms with Gasteiger partial charge in [-0.15, -0.1) is 0 Å². The van der Waals surface area contributed by atoms with Gasteiger partial charge < -0.3 is 17.2 Å². The van der Waals surface area contributed by atoms with Crippen molar-refractivity contribution >= 4 is 40.0 Å². The molecule has 0 unspecified atom stereocenters. The van der Waals surface area contributed by atoms with E-state index in [1.807, 2.05) is 18.2 Å². The molecule has 6 N–H and O–H groups in total. The molecule has 10 heteroatoms. The number of aromatic nitrogens is 3. The molecule has 1 aliphatic carbocycles. The van der Waals surface area contributed by atoms with Gasteiger partial charge in [0.15, 0.2) is 0 Å². The van der Waals surface area contributed by atoms with Crippen LogP contribution in [0.4, 0.5) is 22.0 Å². The van der Waals surface area contributed by atoms with Crippen molar-refractivity contribution in [1.82, 2.24) is 14.5 Å². The number of nitrogens with zero attached hydrogens (tertiary/aromatic N) is 4. The quantitative estimate of drug-likeness (QED) is 0.405. The molecule has 2 aromatic carbocycles. The number of hydrogen-bond donors (Lipinski definition) is 3. The number of fused-ring (bicyclic) bond motifs is 1. The fourth-order valence-corrected chi connectivity index (χ4v) is 3.91. The third-order valence-corrected chi connectivity index (χ3v) is 5.76. The number of halogens is 2.